The summed E-state index contributed by atoms with van der Waals surface area (Å²) in [5.41, 5.74) is 2.02. The van der Waals surface area contributed by atoms with Crippen LogP contribution >= 0.6 is 11.6 Å². The van der Waals surface area contributed by atoms with Gasteiger partial charge in [-0.25, -0.2) is 23.7 Å². The minimum Gasteiger partial charge on any atom is -0.457 e. The normalized spacial score (nSPS) is 11.7. The quantitative estimate of drug-likeness (QED) is 0.218. The Morgan fingerprint density at radius 2 is 1.95 bits per heavy atom. The average molecular weight is 564 g/mol. The first-order chi connectivity index (χ1) is 19.1. The minimum absolute atomic E-state index is 0.0298. The van der Waals surface area contributed by atoms with Crippen LogP contribution in [-0.4, -0.2) is 39.5 Å². The van der Waals surface area contributed by atoms with Crippen molar-refractivity contribution in [2.45, 2.75) is 32.8 Å². The summed E-state index contributed by atoms with van der Waals surface area (Å²) < 4.78 is 21.7. The third-order valence-electron chi connectivity index (χ3n) is 5.96. The predicted molar refractivity (Wildman–Crippen MR) is 149 cm³/mol. The number of carbonyl (C=O) groups is 2. The molecule has 0 unspecified atom stereocenters. The molecule has 4 aromatic rings. The number of benzene rings is 1. The summed E-state index contributed by atoms with van der Waals surface area (Å²) in [5.74, 6) is -0.827. The molecular formula is C29H29ClFN6O3+. The molecule has 9 nitrogen and oxygen atoms in total. The molecule has 3 aromatic heterocycles. The first-order valence-corrected chi connectivity index (χ1v) is 13.0. The number of hydrogen-bond donors (Lipinski definition) is 2. The van der Waals surface area contributed by atoms with Crippen LogP contribution in [0.25, 0.3) is 11.4 Å². The molecule has 40 heavy (non-hydrogen) atoms. The van der Waals surface area contributed by atoms with E-state index in [1.807, 2.05) is 27.1 Å². The average Bonchev–Trinajstić information content (AvgIpc) is 2.93. The second-order valence-corrected chi connectivity index (χ2v) is 9.94. The molecule has 2 N–H and O–H groups in total. The van der Waals surface area contributed by atoms with Crippen molar-refractivity contribution in [1.82, 2.24) is 20.3 Å². The molecule has 0 saturated heterocycles. The Morgan fingerprint density at radius 1 is 1.15 bits per heavy atom. The molecule has 1 aromatic carbocycles. The molecule has 206 valence electrons. The number of ether oxygens (including phenoxy) is 1. The van der Waals surface area contributed by atoms with Crippen molar-refractivity contribution in [2.75, 3.05) is 11.9 Å². The number of aromatic nitrogens is 4. The second-order valence-electron chi connectivity index (χ2n) is 9.51. The highest BCUT2D eigenvalue weighted by Crippen LogP contribution is 2.30. The Hall–Kier alpha value is -4.44. The van der Waals surface area contributed by atoms with E-state index in [0.717, 1.165) is 5.56 Å². The van der Waals surface area contributed by atoms with E-state index < -0.39 is 23.8 Å². The summed E-state index contributed by atoms with van der Waals surface area (Å²) in [6.45, 7) is 5.72. The molecule has 0 aliphatic heterocycles. The van der Waals surface area contributed by atoms with E-state index in [1.165, 1.54) is 30.6 Å². The number of nitrogens with one attached hydrogen (secondary N) is 2. The monoisotopic (exact) mass is 563 g/mol. The van der Waals surface area contributed by atoms with Crippen LogP contribution in [0, 0.1) is 5.82 Å². The number of rotatable bonds is 9. The van der Waals surface area contributed by atoms with Crippen molar-refractivity contribution < 1.29 is 23.3 Å². The third kappa shape index (κ3) is 6.95. The highest BCUT2D eigenvalue weighted by atomic mass is 35.5. The number of amides is 1. The van der Waals surface area contributed by atoms with Crippen molar-refractivity contribution in [3.8, 4) is 11.4 Å². The topological polar surface area (TPSA) is 110 Å². The Balaban J connectivity index is 1.51. The molecule has 0 fully saturated rings. The van der Waals surface area contributed by atoms with Gasteiger partial charge in [0.15, 0.2) is 18.2 Å². The van der Waals surface area contributed by atoms with Gasteiger partial charge in [-0.2, -0.15) is 0 Å². The van der Waals surface area contributed by atoms with E-state index >= 15 is 0 Å². The predicted octanol–water partition coefficient (Wildman–Crippen LogP) is 5.00. The zero-order chi connectivity index (χ0) is 28.8. The molecule has 0 aliphatic carbocycles. The Kier molecular flexibility index (Phi) is 9.00. The molecule has 0 bridgehead atoms. The van der Waals surface area contributed by atoms with E-state index in [1.54, 1.807) is 42.1 Å². The maximum absolute atomic E-state index is 14.5. The molecule has 11 heteroatoms. The molecule has 1 amide bonds. The number of nitrogens with zero attached hydrogens (tertiary/aromatic N) is 4. The Morgan fingerprint density at radius 3 is 2.70 bits per heavy atom. The summed E-state index contributed by atoms with van der Waals surface area (Å²) in [6, 6.07) is 9.21. The highest BCUT2D eigenvalue weighted by molar-refractivity contribution is 6.30. The SMILES string of the molecule is CC(C)c1cnc(-c2cc(Cl)ccc2F)nc1Nc1ccncc1C(=O)NC[C@@H](C)OC(=O)c1ccc[n+](C)c1. The van der Waals surface area contributed by atoms with Gasteiger partial charge in [-0.15, -0.1) is 0 Å². The molecule has 0 aliphatic rings. The fourth-order valence-electron chi connectivity index (χ4n) is 3.86. The van der Waals surface area contributed by atoms with E-state index in [2.05, 4.69) is 25.6 Å². The van der Waals surface area contributed by atoms with Gasteiger partial charge in [0, 0.05) is 35.2 Å². The summed E-state index contributed by atoms with van der Waals surface area (Å²) in [4.78, 5) is 38.6. The molecule has 0 saturated carbocycles. The summed E-state index contributed by atoms with van der Waals surface area (Å²) in [6.07, 6.45) is 7.47. The first-order valence-electron chi connectivity index (χ1n) is 12.6. The number of carbonyl (C=O) groups excluding carboxylic acids is 2. The van der Waals surface area contributed by atoms with Gasteiger partial charge in [0.25, 0.3) is 5.91 Å². The van der Waals surface area contributed by atoms with E-state index in [0.29, 0.717) is 22.1 Å². The molecule has 4 rings (SSSR count). The lowest BCUT2D eigenvalue weighted by Crippen LogP contribution is -2.34. The number of hydrogen-bond acceptors (Lipinski definition) is 7. The van der Waals surface area contributed by atoms with Gasteiger partial charge in [-0.1, -0.05) is 25.4 Å². The van der Waals surface area contributed by atoms with Crippen LogP contribution in [0.3, 0.4) is 0 Å². The van der Waals surface area contributed by atoms with Crippen LogP contribution in [0.15, 0.2) is 67.4 Å². The van der Waals surface area contributed by atoms with Gasteiger partial charge in [0.1, 0.15) is 30.4 Å². The number of anilines is 2. The van der Waals surface area contributed by atoms with Crippen LogP contribution in [0.2, 0.25) is 5.02 Å². The van der Waals surface area contributed by atoms with Gasteiger partial charge in [-0.3, -0.25) is 9.78 Å². The maximum Gasteiger partial charge on any atom is 0.344 e. The molecule has 1 atom stereocenters. The van der Waals surface area contributed by atoms with Crippen molar-refractivity contribution in [3.05, 3.63) is 94.9 Å². The fraction of sp³-hybridized carbons (Fsp3) is 0.241. The van der Waals surface area contributed by atoms with Gasteiger partial charge in [-0.05, 0) is 43.2 Å². The number of pyridine rings is 2. The minimum atomic E-state index is -0.584. The molecular weight excluding hydrogens is 535 g/mol. The lowest BCUT2D eigenvalue weighted by atomic mass is 10.1. The van der Waals surface area contributed by atoms with Gasteiger partial charge < -0.3 is 15.4 Å². The van der Waals surface area contributed by atoms with Crippen molar-refractivity contribution in [2.24, 2.45) is 7.05 Å². The van der Waals surface area contributed by atoms with Crippen molar-refractivity contribution in [3.63, 3.8) is 0 Å². The second kappa shape index (κ2) is 12.6. The summed E-state index contributed by atoms with van der Waals surface area (Å²) in [5, 5.41) is 6.34. The summed E-state index contributed by atoms with van der Waals surface area (Å²) >= 11 is 6.07. The Bertz CT molecular complexity index is 1550. The van der Waals surface area contributed by atoms with Gasteiger partial charge >= 0.3 is 5.97 Å². The number of aryl methyl sites for hydroxylation is 1. The zero-order valence-electron chi connectivity index (χ0n) is 22.5. The van der Waals surface area contributed by atoms with Crippen LogP contribution in [0.4, 0.5) is 15.9 Å². The van der Waals surface area contributed by atoms with Crippen LogP contribution in [-0.2, 0) is 11.8 Å². The van der Waals surface area contributed by atoms with E-state index in [4.69, 9.17) is 16.3 Å². The molecule has 0 radical (unpaired) electrons. The maximum atomic E-state index is 14.5. The lowest BCUT2D eigenvalue weighted by Gasteiger charge is -2.17. The number of halogens is 2. The van der Waals surface area contributed by atoms with Gasteiger partial charge in [0.2, 0.25) is 0 Å². The lowest BCUT2D eigenvalue weighted by molar-refractivity contribution is -0.671. The highest BCUT2D eigenvalue weighted by Gasteiger charge is 2.20. The van der Waals surface area contributed by atoms with E-state index in [9.17, 15) is 14.0 Å². The van der Waals surface area contributed by atoms with Gasteiger partial charge in [0.05, 0.1) is 23.4 Å². The largest absolute Gasteiger partial charge is 0.457 e. The van der Waals surface area contributed by atoms with Crippen LogP contribution in [0.5, 0.6) is 0 Å². The van der Waals surface area contributed by atoms with Crippen molar-refractivity contribution in [1.29, 1.82) is 0 Å². The summed E-state index contributed by atoms with van der Waals surface area (Å²) in [7, 11) is 1.81. The smallest absolute Gasteiger partial charge is 0.344 e. The standard InChI is InChI=1S/C29H28ClFN6O3/c1-17(2)22-15-33-26(21-12-20(30)7-8-24(21)31)36-27(22)35-25-9-10-32-14-23(25)28(38)34-13-18(3)40-29(39)19-6-5-11-37(4)16-19/h5-12,14-18H,13H2,1-4H3,(H-,32,33,34,35,36,38)/p+1/t18-/m1/s1. The zero-order valence-corrected chi connectivity index (χ0v) is 23.2. The fourth-order valence-corrected chi connectivity index (χ4v) is 4.03. The van der Waals surface area contributed by atoms with Crippen molar-refractivity contribution >= 4 is 35.0 Å². The molecule has 3 heterocycles. The van der Waals surface area contributed by atoms with E-state index in [-0.39, 0.29) is 29.4 Å². The first kappa shape index (κ1) is 28.6. The third-order valence-corrected chi connectivity index (χ3v) is 6.20. The Labute approximate surface area is 236 Å². The van der Waals surface area contributed by atoms with Crippen LogP contribution < -0.4 is 15.2 Å². The van der Waals surface area contributed by atoms with Crippen LogP contribution in [0.1, 0.15) is 53.0 Å². The molecule has 0 spiro atoms. The number of esters is 1.